The van der Waals surface area contributed by atoms with E-state index in [1.165, 1.54) is 24.3 Å². The van der Waals surface area contributed by atoms with Gasteiger partial charge in [0.2, 0.25) is 0 Å². The van der Waals surface area contributed by atoms with Gasteiger partial charge in [-0.05, 0) is 48.9 Å². The van der Waals surface area contributed by atoms with Gasteiger partial charge in [-0.15, -0.1) is 0 Å². The monoisotopic (exact) mass is 465 g/mol. The Labute approximate surface area is 193 Å². The fourth-order valence-electron chi connectivity index (χ4n) is 4.01. The summed E-state index contributed by atoms with van der Waals surface area (Å²) in [5.74, 6) is -1.77. The van der Waals surface area contributed by atoms with Gasteiger partial charge in [0.15, 0.2) is 5.88 Å². The number of aromatic amines is 1. The van der Waals surface area contributed by atoms with Gasteiger partial charge in [-0.25, -0.2) is 18.6 Å². The van der Waals surface area contributed by atoms with Crippen LogP contribution in [0.4, 0.5) is 14.5 Å². The SMILES string of the molecule is Cc1ccc(Oc2cc3nc(-c4c(F)cc(N5CCOCC5)cc4F)ccc3[nH]2)cc1C(=O)O. The molecule has 5 rings (SSSR count). The van der Waals surface area contributed by atoms with Crippen molar-refractivity contribution >= 4 is 22.7 Å². The molecule has 0 saturated carbocycles. The predicted octanol–water partition coefficient (Wildman–Crippen LogP) is 5.14. The molecule has 0 atom stereocenters. The first kappa shape index (κ1) is 21.8. The topological polar surface area (TPSA) is 87.7 Å². The fourth-order valence-corrected chi connectivity index (χ4v) is 4.01. The molecule has 1 saturated heterocycles. The number of anilines is 1. The average Bonchev–Trinajstić information content (AvgIpc) is 3.22. The summed E-state index contributed by atoms with van der Waals surface area (Å²) in [5.41, 5.74) is 2.24. The number of benzene rings is 2. The van der Waals surface area contributed by atoms with Crippen LogP contribution in [0.3, 0.4) is 0 Å². The van der Waals surface area contributed by atoms with Crippen LogP contribution >= 0.6 is 0 Å². The number of aromatic nitrogens is 2. The van der Waals surface area contributed by atoms with Crippen molar-refractivity contribution in [3.05, 3.63) is 71.3 Å². The molecule has 9 heteroatoms. The van der Waals surface area contributed by atoms with Crippen molar-refractivity contribution in [2.45, 2.75) is 6.92 Å². The first-order valence-electron chi connectivity index (χ1n) is 10.7. The fraction of sp³-hybridized carbons (Fsp3) is 0.200. The second-order valence-corrected chi connectivity index (χ2v) is 8.03. The number of halogens is 2. The lowest BCUT2D eigenvalue weighted by Gasteiger charge is -2.29. The molecule has 174 valence electrons. The third-order valence-electron chi connectivity index (χ3n) is 5.78. The minimum Gasteiger partial charge on any atom is -0.478 e. The molecule has 0 spiro atoms. The van der Waals surface area contributed by atoms with E-state index in [0.29, 0.717) is 60.2 Å². The molecule has 3 heterocycles. The maximum absolute atomic E-state index is 15.0. The standard InChI is InChI=1S/C25H21F2N3O4/c1-14-2-3-16(12-17(14)25(31)32)34-23-13-22-20(29-23)4-5-21(28-22)24-18(26)10-15(11-19(24)27)30-6-8-33-9-7-30/h2-5,10-13,29H,6-9H2,1H3,(H,31,32). The summed E-state index contributed by atoms with van der Waals surface area (Å²) in [5, 5.41) is 9.30. The van der Waals surface area contributed by atoms with Crippen LogP contribution in [0.25, 0.3) is 22.3 Å². The Balaban J connectivity index is 1.44. The third-order valence-corrected chi connectivity index (χ3v) is 5.78. The summed E-state index contributed by atoms with van der Waals surface area (Å²) in [7, 11) is 0. The van der Waals surface area contributed by atoms with E-state index >= 15 is 0 Å². The minimum atomic E-state index is -1.05. The summed E-state index contributed by atoms with van der Waals surface area (Å²) in [4.78, 5) is 20.7. The molecule has 2 N–H and O–H groups in total. The lowest BCUT2D eigenvalue weighted by Crippen LogP contribution is -2.36. The van der Waals surface area contributed by atoms with E-state index < -0.39 is 17.6 Å². The quantitative estimate of drug-likeness (QED) is 0.424. The number of hydrogen-bond acceptors (Lipinski definition) is 5. The highest BCUT2D eigenvalue weighted by Gasteiger charge is 2.19. The highest BCUT2D eigenvalue weighted by atomic mass is 19.1. The Kier molecular flexibility index (Phi) is 5.62. The second-order valence-electron chi connectivity index (χ2n) is 8.03. The number of nitrogens with zero attached hydrogens (tertiary/aromatic N) is 2. The molecule has 1 aliphatic heterocycles. The number of rotatable bonds is 5. The normalized spacial score (nSPS) is 13.9. The van der Waals surface area contributed by atoms with Gasteiger partial charge in [0.1, 0.15) is 17.4 Å². The van der Waals surface area contributed by atoms with E-state index in [0.717, 1.165) is 0 Å². The number of morpholine rings is 1. The van der Waals surface area contributed by atoms with Crippen molar-refractivity contribution < 1.29 is 28.2 Å². The van der Waals surface area contributed by atoms with Gasteiger partial charge in [-0.2, -0.15) is 0 Å². The van der Waals surface area contributed by atoms with Gasteiger partial charge in [-0.3, -0.25) is 0 Å². The molecule has 34 heavy (non-hydrogen) atoms. The number of pyridine rings is 1. The molecule has 1 fully saturated rings. The van der Waals surface area contributed by atoms with E-state index in [1.54, 1.807) is 31.2 Å². The van der Waals surface area contributed by atoms with Crippen LogP contribution in [0.1, 0.15) is 15.9 Å². The van der Waals surface area contributed by atoms with E-state index in [2.05, 4.69) is 9.97 Å². The van der Waals surface area contributed by atoms with Gasteiger partial charge >= 0.3 is 5.97 Å². The molecule has 2 aromatic heterocycles. The molecular formula is C25H21F2N3O4. The molecule has 2 aromatic carbocycles. The lowest BCUT2D eigenvalue weighted by molar-refractivity contribution is 0.0695. The first-order chi connectivity index (χ1) is 16.4. The molecule has 0 amide bonds. The number of carboxylic acid groups (broad SMARTS) is 1. The minimum absolute atomic E-state index is 0.139. The molecular weight excluding hydrogens is 444 g/mol. The number of nitrogens with one attached hydrogen (secondary N) is 1. The van der Waals surface area contributed by atoms with Crippen molar-refractivity contribution in [2.75, 3.05) is 31.2 Å². The van der Waals surface area contributed by atoms with Crippen LogP contribution in [0.15, 0.2) is 48.5 Å². The molecule has 0 bridgehead atoms. The van der Waals surface area contributed by atoms with Crippen LogP contribution < -0.4 is 9.64 Å². The first-order valence-corrected chi connectivity index (χ1v) is 10.7. The van der Waals surface area contributed by atoms with Crippen molar-refractivity contribution in [3.8, 4) is 22.9 Å². The van der Waals surface area contributed by atoms with E-state index in [9.17, 15) is 18.7 Å². The van der Waals surface area contributed by atoms with Crippen LogP contribution in [0.2, 0.25) is 0 Å². The van der Waals surface area contributed by atoms with Crippen LogP contribution in [0, 0.1) is 18.6 Å². The predicted molar refractivity (Wildman–Crippen MR) is 123 cm³/mol. The lowest BCUT2D eigenvalue weighted by atomic mass is 10.1. The maximum atomic E-state index is 15.0. The van der Waals surface area contributed by atoms with Crippen molar-refractivity contribution in [3.63, 3.8) is 0 Å². The van der Waals surface area contributed by atoms with E-state index in [-0.39, 0.29) is 16.8 Å². The zero-order valence-corrected chi connectivity index (χ0v) is 18.3. The van der Waals surface area contributed by atoms with Crippen LogP contribution in [-0.2, 0) is 4.74 Å². The highest BCUT2D eigenvalue weighted by molar-refractivity contribution is 5.89. The number of fused-ring (bicyclic) bond motifs is 1. The van der Waals surface area contributed by atoms with Gasteiger partial charge in [-0.1, -0.05) is 6.07 Å². The van der Waals surface area contributed by atoms with Crippen molar-refractivity contribution in [1.82, 2.24) is 9.97 Å². The van der Waals surface area contributed by atoms with Crippen molar-refractivity contribution in [2.24, 2.45) is 0 Å². The zero-order chi connectivity index (χ0) is 23.8. The average molecular weight is 465 g/mol. The number of aryl methyl sites for hydroxylation is 1. The zero-order valence-electron chi connectivity index (χ0n) is 18.3. The van der Waals surface area contributed by atoms with Gasteiger partial charge in [0.25, 0.3) is 0 Å². The Bertz CT molecular complexity index is 1370. The Morgan fingerprint density at radius 1 is 1.09 bits per heavy atom. The molecule has 0 radical (unpaired) electrons. The van der Waals surface area contributed by atoms with Gasteiger partial charge in [0.05, 0.1) is 41.1 Å². The molecule has 4 aromatic rings. The number of carbonyl (C=O) groups is 1. The summed E-state index contributed by atoms with van der Waals surface area (Å²) < 4.78 is 41.0. The molecule has 0 aliphatic carbocycles. The largest absolute Gasteiger partial charge is 0.478 e. The molecule has 7 nitrogen and oxygen atoms in total. The smallest absolute Gasteiger partial charge is 0.336 e. The summed E-state index contributed by atoms with van der Waals surface area (Å²) in [6, 6.07) is 12.2. The summed E-state index contributed by atoms with van der Waals surface area (Å²) in [6.45, 7) is 3.88. The Hall–Kier alpha value is -3.98. The third kappa shape index (κ3) is 4.17. The highest BCUT2D eigenvalue weighted by Crippen LogP contribution is 2.32. The Morgan fingerprint density at radius 3 is 2.53 bits per heavy atom. The van der Waals surface area contributed by atoms with Crippen LogP contribution in [-0.4, -0.2) is 47.3 Å². The van der Waals surface area contributed by atoms with Gasteiger partial charge in [0, 0.05) is 24.8 Å². The number of ether oxygens (including phenoxy) is 2. The summed E-state index contributed by atoms with van der Waals surface area (Å²) in [6.07, 6.45) is 0. The number of aromatic carboxylic acids is 1. The number of carboxylic acids is 1. The number of hydrogen-bond donors (Lipinski definition) is 2. The second kappa shape index (κ2) is 8.75. The molecule has 0 unspecified atom stereocenters. The molecule has 1 aliphatic rings. The maximum Gasteiger partial charge on any atom is 0.336 e. The van der Waals surface area contributed by atoms with E-state index in [1.807, 2.05) is 4.90 Å². The van der Waals surface area contributed by atoms with E-state index in [4.69, 9.17) is 9.47 Å². The number of H-pyrrole nitrogens is 1. The van der Waals surface area contributed by atoms with Gasteiger partial charge < -0.3 is 24.5 Å². The Morgan fingerprint density at radius 2 is 1.82 bits per heavy atom. The summed E-state index contributed by atoms with van der Waals surface area (Å²) >= 11 is 0. The van der Waals surface area contributed by atoms with Crippen LogP contribution in [0.5, 0.6) is 11.6 Å². The van der Waals surface area contributed by atoms with Crippen molar-refractivity contribution in [1.29, 1.82) is 0 Å².